The maximum Gasteiger partial charge on any atom is 0.237 e. The standard InChI is InChI=1S/C7H14N2OS/c10-7-6(2-1-5-11)8-3-4-9-7/h6,8,11H,1-5H2,(H,9,10). The van der Waals surface area contributed by atoms with E-state index in [0.29, 0.717) is 0 Å². The monoisotopic (exact) mass is 174 g/mol. The minimum Gasteiger partial charge on any atom is -0.353 e. The van der Waals surface area contributed by atoms with Gasteiger partial charge in [-0.1, -0.05) is 0 Å². The molecule has 0 radical (unpaired) electrons. The number of nitrogens with one attached hydrogen (secondary N) is 2. The number of hydrogen-bond acceptors (Lipinski definition) is 3. The summed E-state index contributed by atoms with van der Waals surface area (Å²) in [6.45, 7) is 1.65. The lowest BCUT2D eigenvalue weighted by atomic mass is 10.1. The largest absolute Gasteiger partial charge is 0.353 e. The Kier molecular flexibility index (Phi) is 3.72. The Balaban J connectivity index is 2.24. The molecule has 1 rings (SSSR count). The molecule has 1 atom stereocenters. The highest BCUT2D eigenvalue weighted by Crippen LogP contribution is 2.00. The smallest absolute Gasteiger partial charge is 0.237 e. The molecule has 1 fully saturated rings. The summed E-state index contributed by atoms with van der Waals surface area (Å²) in [5.41, 5.74) is 0. The molecule has 11 heavy (non-hydrogen) atoms. The number of hydrogen-bond donors (Lipinski definition) is 3. The van der Waals surface area contributed by atoms with E-state index in [-0.39, 0.29) is 11.9 Å². The maximum atomic E-state index is 11.1. The Morgan fingerprint density at radius 2 is 2.36 bits per heavy atom. The van der Waals surface area contributed by atoms with E-state index >= 15 is 0 Å². The van der Waals surface area contributed by atoms with Gasteiger partial charge in [0, 0.05) is 13.1 Å². The van der Waals surface area contributed by atoms with E-state index in [4.69, 9.17) is 0 Å². The van der Waals surface area contributed by atoms with Crippen LogP contribution in [0.2, 0.25) is 0 Å². The Labute approximate surface area is 72.3 Å². The first-order valence-corrected chi connectivity index (χ1v) is 4.60. The zero-order chi connectivity index (χ0) is 8.10. The third-order valence-electron chi connectivity index (χ3n) is 1.78. The molecule has 0 spiro atoms. The summed E-state index contributed by atoms with van der Waals surface area (Å²) in [7, 11) is 0. The summed E-state index contributed by atoms with van der Waals surface area (Å²) in [5.74, 6) is 0.990. The Morgan fingerprint density at radius 1 is 1.55 bits per heavy atom. The molecule has 0 aromatic heterocycles. The topological polar surface area (TPSA) is 41.1 Å². The Morgan fingerprint density at radius 3 is 3.00 bits per heavy atom. The molecule has 1 saturated heterocycles. The fourth-order valence-corrected chi connectivity index (χ4v) is 1.36. The van der Waals surface area contributed by atoms with E-state index < -0.39 is 0 Å². The van der Waals surface area contributed by atoms with Gasteiger partial charge in [0.25, 0.3) is 0 Å². The SMILES string of the molecule is O=C1NCCNC1CCCS. The van der Waals surface area contributed by atoms with Gasteiger partial charge < -0.3 is 10.6 Å². The molecule has 0 aromatic carbocycles. The van der Waals surface area contributed by atoms with Crippen LogP contribution in [0.25, 0.3) is 0 Å². The fraction of sp³-hybridized carbons (Fsp3) is 0.857. The van der Waals surface area contributed by atoms with Crippen molar-refractivity contribution in [3.63, 3.8) is 0 Å². The van der Waals surface area contributed by atoms with Gasteiger partial charge in [-0.05, 0) is 18.6 Å². The quantitative estimate of drug-likeness (QED) is 0.518. The zero-order valence-corrected chi connectivity index (χ0v) is 7.36. The molecule has 0 bridgehead atoms. The lowest BCUT2D eigenvalue weighted by molar-refractivity contribution is -0.124. The second kappa shape index (κ2) is 4.62. The van der Waals surface area contributed by atoms with Crippen molar-refractivity contribution in [2.45, 2.75) is 18.9 Å². The lowest BCUT2D eigenvalue weighted by Gasteiger charge is -2.22. The van der Waals surface area contributed by atoms with E-state index in [2.05, 4.69) is 23.3 Å². The van der Waals surface area contributed by atoms with E-state index in [9.17, 15) is 4.79 Å². The third kappa shape index (κ3) is 2.71. The number of rotatable bonds is 3. The maximum absolute atomic E-state index is 11.1. The number of amides is 1. The first-order chi connectivity index (χ1) is 5.34. The van der Waals surface area contributed by atoms with Crippen LogP contribution in [-0.2, 0) is 4.79 Å². The minimum absolute atomic E-state index is 0.0240. The molecular weight excluding hydrogens is 160 g/mol. The van der Waals surface area contributed by atoms with Gasteiger partial charge in [0.1, 0.15) is 0 Å². The first kappa shape index (κ1) is 8.87. The average molecular weight is 174 g/mol. The molecule has 64 valence electrons. The second-order valence-corrected chi connectivity index (χ2v) is 3.11. The van der Waals surface area contributed by atoms with E-state index in [1.165, 1.54) is 0 Å². The van der Waals surface area contributed by atoms with Crippen molar-refractivity contribution in [3.05, 3.63) is 0 Å². The Bertz CT molecular complexity index is 140. The van der Waals surface area contributed by atoms with Crippen LogP contribution in [0.4, 0.5) is 0 Å². The summed E-state index contributed by atoms with van der Waals surface area (Å²) in [6, 6.07) is 0.0240. The van der Waals surface area contributed by atoms with Crippen molar-refractivity contribution in [2.75, 3.05) is 18.8 Å². The molecule has 1 amide bonds. The van der Waals surface area contributed by atoms with Crippen molar-refractivity contribution in [3.8, 4) is 0 Å². The van der Waals surface area contributed by atoms with Crippen LogP contribution in [-0.4, -0.2) is 30.8 Å². The Hall–Kier alpha value is -0.220. The van der Waals surface area contributed by atoms with Crippen LogP contribution in [0.3, 0.4) is 0 Å². The molecule has 1 heterocycles. The van der Waals surface area contributed by atoms with Crippen LogP contribution in [0, 0.1) is 0 Å². The molecule has 2 N–H and O–H groups in total. The van der Waals surface area contributed by atoms with Crippen molar-refractivity contribution >= 4 is 18.5 Å². The highest BCUT2D eigenvalue weighted by atomic mass is 32.1. The van der Waals surface area contributed by atoms with Gasteiger partial charge in [-0.15, -0.1) is 0 Å². The minimum atomic E-state index is 0.0240. The van der Waals surface area contributed by atoms with Gasteiger partial charge in [-0.25, -0.2) is 0 Å². The molecule has 4 heteroatoms. The zero-order valence-electron chi connectivity index (χ0n) is 6.47. The lowest BCUT2D eigenvalue weighted by Crippen LogP contribution is -2.52. The number of carbonyl (C=O) groups is 1. The highest BCUT2D eigenvalue weighted by molar-refractivity contribution is 7.80. The van der Waals surface area contributed by atoms with Crippen LogP contribution < -0.4 is 10.6 Å². The summed E-state index contributed by atoms with van der Waals surface area (Å²) >= 11 is 4.09. The summed E-state index contributed by atoms with van der Waals surface area (Å²) < 4.78 is 0. The van der Waals surface area contributed by atoms with Gasteiger partial charge in [0.2, 0.25) is 5.91 Å². The number of carbonyl (C=O) groups excluding carboxylic acids is 1. The number of thiol groups is 1. The van der Waals surface area contributed by atoms with Gasteiger partial charge in [0.15, 0.2) is 0 Å². The molecule has 0 aliphatic carbocycles. The molecule has 0 aromatic rings. The van der Waals surface area contributed by atoms with Crippen molar-refractivity contribution in [2.24, 2.45) is 0 Å². The van der Waals surface area contributed by atoms with Crippen LogP contribution in [0.1, 0.15) is 12.8 Å². The van der Waals surface area contributed by atoms with Gasteiger partial charge in [-0.3, -0.25) is 4.79 Å². The molecule has 3 nitrogen and oxygen atoms in total. The van der Waals surface area contributed by atoms with Crippen molar-refractivity contribution in [1.82, 2.24) is 10.6 Å². The van der Waals surface area contributed by atoms with E-state index in [0.717, 1.165) is 31.7 Å². The van der Waals surface area contributed by atoms with E-state index in [1.807, 2.05) is 0 Å². The molecule has 0 saturated carbocycles. The number of piperazine rings is 1. The highest BCUT2D eigenvalue weighted by Gasteiger charge is 2.19. The summed E-state index contributed by atoms with van der Waals surface area (Å²) in [4.78, 5) is 11.1. The summed E-state index contributed by atoms with van der Waals surface area (Å²) in [6.07, 6.45) is 1.89. The molecule has 1 aliphatic rings. The molecular formula is C7H14N2OS. The molecule has 1 unspecified atom stereocenters. The van der Waals surface area contributed by atoms with Gasteiger partial charge in [-0.2, -0.15) is 12.6 Å². The van der Waals surface area contributed by atoms with Crippen molar-refractivity contribution in [1.29, 1.82) is 0 Å². The van der Waals surface area contributed by atoms with Crippen LogP contribution >= 0.6 is 12.6 Å². The van der Waals surface area contributed by atoms with Crippen LogP contribution in [0.5, 0.6) is 0 Å². The van der Waals surface area contributed by atoms with Gasteiger partial charge >= 0.3 is 0 Å². The second-order valence-electron chi connectivity index (χ2n) is 2.66. The third-order valence-corrected chi connectivity index (χ3v) is 2.10. The van der Waals surface area contributed by atoms with Gasteiger partial charge in [0.05, 0.1) is 6.04 Å². The first-order valence-electron chi connectivity index (χ1n) is 3.96. The van der Waals surface area contributed by atoms with Crippen LogP contribution in [0.15, 0.2) is 0 Å². The van der Waals surface area contributed by atoms with E-state index in [1.54, 1.807) is 0 Å². The average Bonchev–Trinajstić information content (AvgIpc) is 2.03. The normalized spacial score (nSPS) is 24.8. The fourth-order valence-electron chi connectivity index (χ4n) is 1.18. The van der Waals surface area contributed by atoms with Crippen molar-refractivity contribution < 1.29 is 4.79 Å². The predicted octanol–water partition coefficient (Wildman–Crippen LogP) is -0.216. The molecule has 1 aliphatic heterocycles. The summed E-state index contributed by atoms with van der Waals surface area (Å²) in [5, 5.41) is 5.97. The predicted molar refractivity (Wildman–Crippen MR) is 47.9 cm³/mol.